The third-order valence-electron chi connectivity index (χ3n) is 3.09. The lowest BCUT2D eigenvalue weighted by atomic mass is 10.1. The molecule has 0 aliphatic carbocycles. The monoisotopic (exact) mass is 347 g/mol. The molecule has 0 saturated carbocycles. The average molecular weight is 347 g/mol. The lowest BCUT2D eigenvalue weighted by molar-refractivity contribution is -0.0350. The number of fused-ring (bicyclic) bond motifs is 2. The zero-order valence-corrected chi connectivity index (χ0v) is 11.8. The number of aromatic nitrogens is 2. The quantitative estimate of drug-likeness (QED) is 0.560. The number of morpholine rings is 2. The van der Waals surface area contributed by atoms with E-state index in [-0.39, 0.29) is 12.1 Å². The molecular formula is C11H14IN3O2. The number of rotatable bonds is 1. The highest BCUT2D eigenvalue weighted by atomic mass is 127. The molecule has 6 heteroatoms. The summed E-state index contributed by atoms with van der Waals surface area (Å²) in [6.45, 7) is 4.80. The SMILES string of the molecule is Cc1nc(I)cc(N2C3COCC2COC3)n1. The van der Waals surface area contributed by atoms with Crippen molar-refractivity contribution in [3.05, 3.63) is 15.6 Å². The molecule has 0 radical (unpaired) electrons. The van der Waals surface area contributed by atoms with Crippen LogP contribution in [-0.4, -0.2) is 48.5 Å². The molecule has 5 nitrogen and oxygen atoms in total. The fourth-order valence-electron chi connectivity index (χ4n) is 2.42. The summed E-state index contributed by atoms with van der Waals surface area (Å²) in [5.74, 6) is 1.82. The predicted octanol–water partition coefficient (Wildman–Crippen LogP) is 0.994. The van der Waals surface area contributed by atoms with E-state index in [1.54, 1.807) is 0 Å². The van der Waals surface area contributed by atoms with Gasteiger partial charge in [-0.3, -0.25) is 0 Å². The van der Waals surface area contributed by atoms with Crippen LogP contribution in [0, 0.1) is 10.6 Å². The van der Waals surface area contributed by atoms with Crippen LogP contribution >= 0.6 is 22.6 Å². The van der Waals surface area contributed by atoms with Gasteiger partial charge in [-0.2, -0.15) is 0 Å². The average Bonchev–Trinajstić information content (AvgIpc) is 2.26. The summed E-state index contributed by atoms with van der Waals surface area (Å²) >= 11 is 2.23. The summed E-state index contributed by atoms with van der Waals surface area (Å²) in [6.07, 6.45) is 0. The third-order valence-corrected chi connectivity index (χ3v) is 3.64. The van der Waals surface area contributed by atoms with Gasteiger partial charge in [-0.1, -0.05) is 0 Å². The molecule has 2 aliphatic rings. The van der Waals surface area contributed by atoms with Crippen molar-refractivity contribution in [2.24, 2.45) is 0 Å². The van der Waals surface area contributed by atoms with E-state index in [4.69, 9.17) is 9.47 Å². The number of aryl methyl sites for hydroxylation is 1. The Bertz CT molecular complexity index is 387. The molecule has 0 unspecified atom stereocenters. The highest BCUT2D eigenvalue weighted by molar-refractivity contribution is 14.1. The minimum atomic E-state index is 0.285. The first kappa shape index (κ1) is 11.6. The van der Waals surface area contributed by atoms with Gasteiger partial charge in [0.15, 0.2) is 0 Å². The van der Waals surface area contributed by atoms with Crippen LogP contribution in [0.3, 0.4) is 0 Å². The second-order valence-corrected chi connectivity index (χ2v) is 5.49. The molecule has 2 saturated heterocycles. The Balaban J connectivity index is 1.96. The minimum Gasteiger partial charge on any atom is -0.377 e. The van der Waals surface area contributed by atoms with Gasteiger partial charge in [0.1, 0.15) is 15.3 Å². The van der Waals surface area contributed by atoms with E-state index in [9.17, 15) is 0 Å². The Kier molecular flexibility index (Phi) is 3.18. The van der Waals surface area contributed by atoms with Crippen LogP contribution in [0.25, 0.3) is 0 Å². The van der Waals surface area contributed by atoms with Crippen molar-refractivity contribution in [1.29, 1.82) is 0 Å². The maximum absolute atomic E-state index is 5.58. The zero-order valence-electron chi connectivity index (χ0n) is 9.60. The van der Waals surface area contributed by atoms with Crippen molar-refractivity contribution >= 4 is 28.4 Å². The summed E-state index contributed by atoms with van der Waals surface area (Å²) in [5, 5.41) is 0. The van der Waals surface area contributed by atoms with Crippen LogP contribution in [0.1, 0.15) is 5.82 Å². The minimum absolute atomic E-state index is 0.285. The van der Waals surface area contributed by atoms with Crippen molar-refractivity contribution in [1.82, 2.24) is 9.97 Å². The summed E-state index contributed by atoms with van der Waals surface area (Å²) in [4.78, 5) is 11.2. The van der Waals surface area contributed by atoms with E-state index in [0.717, 1.165) is 41.8 Å². The molecular weight excluding hydrogens is 333 g/mol. The second kappa shape index (κ2) is 4.66. The van der Waals surface area contributed by atoms with E-state index in [1.807, 2.05) is 13.0 Å². The lowest BCUT2D eigenvalue weighted by Gasteiger charge is -2.46. The maximum Gasteiger partial charge on any atom is 0.134 e. The van der Waals surface area contributed by atoms with Gasteiger partial charge in [-0.05, 0) is 29.5 Å². The molecule has 2 aliphatic heterocycles. The van der Waals surface area contributed by atoms with E-state index >= 15 is 0 Å². The summed E-state index contributed by atoms with van der Waals surface area (Å²) in [7, 11) is 0. The van der Waals surface area contributed by atoms with Crippen molar-refractivity contribution in [2.75, 3.05) is 31.3 Å². The van der Waals surface area contributed by atoms with Gasteiger partial charge in [0.25, 0.3) is 0 Å². The number of ether oxygens (including phenoxy) is 2. The molecule has 1 aromatic rings. The fraction of sp³-hybridized carbons (Fsp3) is 0.636. The third kappa shape index (κ3) is 2.25. The molecule has 0 atom stereocenters. The smallest absolute Gasteiger partial charge is 0.134 e. The van der Waals surface area contributed by atoms with Gasteiger partial charge in [0.2, 0.25) is 0 Å². The van der Waals surface area contributed by atoms with Gasteiger partial charge in [0, 0.05) is 6.07 Å². The fourth-order valence-corrected chi connectivity index (χ4v) is 3.05. The van der Waals surface area contributed by atoms with Crippen molar-refractivity contribution in [3.8, 4) is 0 Å². The predicted molar refractivity (Wildman–Crippen MR) is 71.2 cm³/mol. The van der Waals surface area contributed by atoms with Crippen LogP contribution in [0.15, 0.2) is 6.07 Å². The maximum atomic E-state index is 5.58. The molecule has 2 fully saturated rings. The van der Waals surface area contributed by atoms with Crippen LogP contribution in [0.2, 0.25) is 0 Å². The molecule has 0 amide bonds. The Morgan fingerprint density at radius 1 is 1.18 bits per heavy atom. The molecule has 0 spiro atoms. The standard InChI is InChI=1S/C11H14IN3O2/c1-7-13-10(12)2-11(14-7)15-8-3-16-5-9(15)6-17-4-8/h2,8-9H,3-6H2,1H3. The van der Waals surface area contributed by atoms with Crippen molar-refractivity contribution in [3.63, 3.8) is 0 Å². The van der Waals surface area contributed by atoms with Crippen LogP contribution in [0.4, 0.5) is 5.82 Å². The largest absolute Gasteiger partial charge is 0.377 e. The molecule has 3 heterocycles. The summed E-state index contributed by atoms with van der Waals surface area (Å²) in [6, 6.07) is 2.60. The molecule has 0 N–H and O–H groups in total. The Labute approximate surface area is 114 Å². The number of anilines is 1. The number of halogens is 1. The topological polar surface area (TPSA) is 47.5 Å². The van der Waals surface area contributed by atoms with Gasteiger partial charge in [-0.25, -0.2) is 9.97 Å². The Morgan fingerprint density at radius 3 is 2.29 bits per heavy atom. The zero-order chi connectivity index (χ0) is 11.8. The van der Waals surface area contributed by atoms with Gasteiger partial charge in [-0.15, -0.1) is 0 Å². The van der Waals surface area contributed by atoms with E-state index < -0.39 is 0 Å². The van der Waals surface area contributed by atoms with Crippen LogP contribution in [0.5, 0.6) is 0 Å². The Hall–Kier alpha value is -0.470. The molecule has 17 heavy (non-hydrogen) atoms. The van der Waals surface area contributed by atoms with Crippen molar-refractivity contribution < 1.29 is 9.47 Å². The van der Waals surface area contributed by atoms with Gasteiger partial charge in [0.05, 0.1) is 38.5 Å². The van der Waals surface area contributed by atoms with Crippen molar-refractivity contribution in [2.45, 2.75) is 19.0 Å². The number of hydrogen-bond acceptors (Lipinski definition) is 5. The highest BCUT2D eigenvalue weighted by Gasteiger charge is 2.36. The highest BCUT2D eigenvalue weighted by Crippen LogP contribution is 2.26. The second-order valence-electron chi connectivity index (χ2n) is 4.39. The molecule has 1 aromatic heterocycles. The first-order valence-electron chi connectivity index (χ1n) is 5.69. The van der Waals surface area contributed by atoms with E-state index in [0.29, 0.717) is 0 Å². The molecule has 92 valence electrons. The van der Waals surface area contributed by atoms with Gasteiger partial charge >= 0.3 is 0 Å². The molecule has 0 aromatic carbocycles. The first-order chi connectivity index (χ1) is 8.24. The van der Waals surface area contributed by atoms with Crippen LogP contribution < -0.4 is 4.90 Å². The van der Waals surface area contributed by atoms with E-state index in [2.05, 4.69) is 37.5 Å². The normalized spacial score (nSPS) is 28.2. The summed E-state index contributed by atoms with van der Waals surface area (Å²) < 4.78 is 12.1. The molecule has 3 rings (SSSR count). The lowest BCUT2D eigenvalue weighted by Crippen LogP contribution is -2.60. The van der Waals surface area contributed by atoms with Crippen LogP contribution in [-0.2, 0) is 9.47 Å². The van der Waals surface area contributed by atoms with E-state index in [1.165, 1.54) is 0 Å². The molecule has 2 bridgehead atoms. The Morgan fingerprint density at radius 2 is 1.76 bits per heavy atom. The summed E-state index contributed by atoms with van der Waals surface area (Å²) in [5.41, 5.74) is 0. The number of hydrogen-bond donors (Lipinski definition) is 0. The first-order valence-corrected chi connectivity index (χ1v) is 6.77. The number of nitrogens with zero attached hydrogens (tertiary/aromatic N) is 3. The van der Waals surface area contributed by atoms with Gasteiger partial charge < -0.3 is 14.4 Å².